The molecule has 0 bridgehead atoms. The molecule has 2 aromatic carbocycles. The number of anilines is 1. The van der Waals surface area contributed by atoms with Crippen molar-refractivity contribution >= 4 is 38.9 Å². The lowest BCUT2D eigenvalue weighted by Crippen LogP contribution is -2.10. The fourth-order valence-corrected chi connectivity index (χ4v) is 2.62. The van der Waals surface area contributed by atoms with Crippen LogP contribution in [0.1, 0.15) is 11.3 Å². The second kappa shape index (κ2) is 6.21. The molecule has 0 spiro atoms. The van der Waals surface area contributed by atoms with E-state index in [0.717, 1.165) is 15.2 Å². The Bertz CT molecular complexity index is 966. The number of aryl methyl sites for hydroxylation is 1. The van der Waals surface area contributed by atoms with Gasteiger partial charge in [-0.15, -0.1) is 0 Å². The van der Waals surface area contributed by atoms with Gasteiger partial charge >= 0.3 is 0 Å². The summed E-state index contributed by atoms with van der Waals surface area (Å²) in [7, 11) is 0. The first-order valence-corrected chi connectivity index (χ1v) is 7.60. The molecule has 0 radical (unpaired) electrons. The van der Waals surface area contributed by atoms with Gasteiger partial charge in [0.25, 0.3) is 5.56 Å². The van der Waals surface area contributed by atoms with E-state index in [4.69, 9.17) is 0 Å². The predicted octanol–water partition coefficient (Wildman–Crippen LogP) is 3.15. The van der Waals surface area contributed by atoms with Crippen LogP contribution in [-0.2, 0) is 0 Å². The molecule has 1 aromatic heterocycles. The minimum Gasteiger partial charge on any atom is -0.507 e. The topological polar surface area (TPSA) is 90.4 Å². The van der Waals surface area contributed by atoms with Crippen LogP contribution < -0.4 is 11.0 Å². The Balaban J connectivity index is 1.94. The summed E-state index contributed by atoms with van der Waals surface area (Å²) < 4.78 is 0.957. The van der Waals surface area contributed by atoms with Gasteiger partial charge in [-0.25, -0.2) is 10.4 Å². The van der Waals surface area contributed by atoms with Gasteiger partial charge in [-0.2, -0.15) is 5.10 Å². The standard InChI is InChI=1S/C16H13BrN4O2/c1-9-6-15(23)20-16(19-9)21-18-8-13-12-4-3-11(17)7-10(12)2-5-14(13)22/h2-8,22H,1H3,(H2,19,20,21,23)/b18-8-. The summed E-state index contributed by atoms with van der Waals surface area (Å²) in [5.74, 6) is 0.366. The number of aromatic amines is 1. The van der Waals surface area contributed by atoms with Crippen LogP contribution in [0, 0.1) is 6.92 Å². The number of phenols is 1. The summed E-state index contributed by atoms with van der Waals surface area (Å²) in [5, 5.41) is 15.9. The molecule has 3 aromatic rings. The van der Waals surface area contributed by atoms with Crippen molar-refractivity contribution < 1.29 is 5.11 Å². The van der Waals surface area contributed by atoms with Crippen LogP contribution in [0.5, 0.6) is 5.75 Å². The van der Waals surface area contributed by atoms with Crippen LogP contribution in [0.2, 0.25) is 0 Å². The quantitative estimate of drug-likeness (QED) is 0.486. The lowest BCUT2D eigenvalue weighted by atomic mass is 10.0. The van der Waals surface area contributed by atoms with Gasteiger partial charge in [0.15, 0.2) is 0 Å². The summed E-state index contributed by atoms with van der Waals surface area (Å²) in [5.41, 5.74) is 3.57. The summed E-state index contributed by atoms with van der Waals surface area (Å²) in [6, 6.07) is 10.6. The van der Waals surface area contributed by atoms with Gasteiger partial charge in [-0.05, 0) is 35.9 Å². The Kier molecular flexibility index (Phi) is 4.12. The van der Waals surface area contributed by atoms with Crippen molar-refractivity contribution in [1.29, 1.82) is 0 Å². The number of hydrogen-bond donors (Lipinski definition) is 3. The molecule has 23 heavy (non-hydrogen) atoms. The number of nitrogens with one attached hydrogen (secondary N) is 2. The lowest BCUT2D eigenvalue weighted by Gasteiger charge is -2.06. The van der Waals surface area contributed by atoms with E-state index in [1.165, 1.54) is 12.3 Å². The molecule has 3 N–H and O–H groups in total. The van der Waals surface area contributed by atoms with Crippen LogP contribution in [-0.4, -0.2) is 21.3 Å². The van der Waals surface area contributed by atoms with Gasteiger partial charge in [0.1, 0.15) is 5.75 Å². The van der Waals surface area contributed by atoms with Crippen molar-refractivity contribution in [1.82, 2.24) is 9.97 Å². The largest absolute Gasteiger partial charge is 0.507 e. The first-order valence-electron chi connectivity index (χ1n) is 6.81. The van der Waals surface area contributed by atoms with Gasteiger partial charge in [0.05, 0.1) is 6.21 Å². The molecule has 6 nitrogen and oxygen atoms in total. The molecule has 0 atom stereocenters. The molecular formula is C16H13BrN4O2. The van der Waals surface area contributed by atoms with Crippen molar-refractivity contribution in [2.75, 3.05) is 5.43 Å². The van der Waals surface area contributed by atoms with Crippen LogP contribution in [0.3, 0.4) is 0 Å². The maximum absolute atomic E-state index is 11.4. The number of phenolic OH excluding ortho intramolecular Hbond substituents is 1. The molecule has 1 heterocycles. The average Bonchev–Trinajstić information content (AvgIpc) is 2.48. The van der Waals surface area contributed by atoms with E-state index in [2.05, 4.69) is 36.4 Å². The molecule has 116 valence electrons. The Hall–Kier alpha value is -2.67. The highest BCUT2D eigenvalue weighted by atomic mass is 79.9. The van der Waals surface area contributed by atoms with Gasteiger partial charge < -0.3 is 5.11 Å². The zero-order valence-corrected chi connectivity index (χ0v) is 13.8. The second-order valence-corrected chi connectivity index (χ2v) is 5.88. The highest BCUT2D eigenvalue weighted by molar-refractivity contribution is 9.10. The van der Waals surface area contributed by atoms with E-state index in [0.29, 0.717) is 11.3 Å². The minimum absolute atomic E-state index is 0.121. The Labute approximate surface area is 140 Å². The van der Waals surface area contributed by atoms with Crippen LogP contribution in [0.25, 0.3) is 10.8 Å². The predicted molar refractivity (Wildman–Crippen MR) is 94.1 cm³/mol. The Morgan fingerprint density at radius 1 is 1.30 bits per heavy atom. The molecule has 0 saturated carbocycles. The first kappa shape index (κ1) is 15.2. The number of hydrazone groups is 1. The molecule has 0 aliphatic rings. The van der Waals surface area contributed by atoms with Gasteiger partial charge in [0, 0.05) is 21.8 Å². The smallest absolute Gasteiger partial charge is 0.252 e. The number of rotatable bonds is 3. The first-order chi connectivity index (χ1) is 11.0. The van der Waals surface area contributed by atoms with Gasteiger partial charge in [-0.3, -0.25) is 9.78 Å². The highest BCUT2D eigenvalue weighted by Gasteiger charge is 2.05. The van der Waals surface area contributed by atoms with E-state index in [-0.39, 0.29) is 17.3 Å². The number of halogens is 1. The van der Waals surface area contributed by atoms with E-state index in [1.54, 1.807) is 13.0 Å². The van der Waals surface area contributed by atoms with E-state index >= 15 is 0 Å². The molecule has 0 amide bonds. The Morgan fingerprint density at radius 3 is 2.91 bits per heavy atom. The van der Waals surface area contributed by atoms with Crippen molar-refractivity contribution in [3.8, 4) is 5.75 Å². The molecular weight excluding hydrogens is 360 g/mol. The molecule has 7 heteroatoms. The zero-order valence-electron chi connectivity index (χ0n) is 12.2. The number of aromatic nitrogens is 2. The molecule has 0 unspecified atom stereocenters. The van der Waals surface area contributed by atoms with Crippen LogP contribution in [0.15, 0.2) is 50.8 Å². The third kappa shape index (κ3) is 3.40. The molecule has 0 aliphatic carbocycles. The number of fused-ring (bicyclic) bond motifs is 1. The van der Waals surface area contributed by atoms with E-state index in [9.17, 15) is 9.90 Å². The zero-order chi connectivity index (χ0) is 16.4. The SMILES string of the molecule is Cc1cc(=O)[nH]c(N/N=C\c2c(O)ccc3cc(Br)ccc23)n1. The summed E-state index contributed by atoms with van der Waals surface area (Å²) >= 11 is 3.42. The number of H-pyrrole nitrogens is 1. The van der Waals surface area contributed by atoms with Crippen LogP contribution >= 0.6 is 15.9 Å². The fourth-order valence-electron chi connectivity index (χ4n) is 2.24. The molecule has 3 rings (SSSR count). The number of aromatic hydroxyl groups is 1. The average molecular weight is 373 g/mol. The monoisotopic (exact) mass is 372 g/mol. The Morgan fingerprint density at radius 2 is 2.13 bits per heavy atom. The number of benzene rings is 2. The lowest BCUT2D eigenvalue weighted by molar-refractivity contribution is 0.475. The number of nitrogens with zero attached hydrogens (tertiary/aromatic N) is 2. The normalized spacial score (nSPS) is 11.2. The highest BCUT2D eigenvalue weighted by Crippen LogP contribution is 2.28. The fraction of sp³-hybridized carbons (Fsp3) is 0.0625. The van der Waals surface area contributed by atoms with Crippen molar-refractivity contribution in [3.05, 3.63) is 62.5 Å². The van der Waals surface area contributed by atoms with E-state index < -0.39 is 0 Å². The maximum Gasteiger partial charge on any atom is 0.252 e. The van der Waals surface area contributed by atoms with Gasteiger partial charge in [0.2, 0.25) is 5.95 Å². The minimum atomic E-state index is -0.256. The maximum atomic E-state index is 11.4. The summed E-state index contributed by atoms with van der Waals surface area (Å²) in [6.45, 7) is 1.72. The van der Waals surface area contributed by atoms with Crippen LogP contribution in [0.4, 0.5) is 5.95 Å². The van der Waals surface area contributed by atoms with Crippen molar-refractivity contribution in [2.24, 2.45) is 5.10 Å². The summed E-state index contributed by atoms with van der Waals surface area (Å²) in [4.78, 5) is 18.0. The molecule has 0 saturated heterocycles. The molecule has 0 fully saturated rings. The number of hydrogen-bond acceptors (Lipinski definition) is 5. The van der Waals surface area contributed by atoms with Crippen molar-refractivity contribution in [2.45, 2.75) is 6.92 Å². The van der Waals surface area contributed by atoms with E-state index in [1.807, 2.05) is 24.3 Å². The molecule has 0 aliphatic heterocycles. The van der Waals surface area contributed by atoms with Crippen molar-refractivity contribution in [3.63, 3.8) is 0 Å². The third-order valence-corrected chi connectivity index (χ3v) is 3.73. The second-order valence-electron chi connectivity index (χ2n) is 4.97. The van der Waals surface area contributed by atoms with Gasteiger partial charge in [-0.1, -0.05) is 28.1 Å². The summed E-state index contributed by atoms with van der Waals surface area (Å²) in [6.07, 6.45) is 1.49. The third-order valence-electron chi connectivity index (χ3n) is 3.23.